The molecule has 2 amide bonds. The Hall–Kier alpha value is -3.09. The molecule has 1 aliphatic rings. The van der Waals surface area contributed by atoms with Crippen molar-refractivity contribution in [1.82, 2.24) is 10.2 Å². The Kier molecular flexibility index (Phi) is 6.13. The van der Waals surface area contributed by atoms with Crippen molar-refractivity contribution in [2.45, 2.75) is 18.9 Å². The van der Waals surface area contributed by atoms with Crippen LogP contribution in [0.15, 0.2) is 42.5 Å². The van der Waals surface area contributed by atoms with Crippen LogP contribution in [-0.2, 0) is 0 Å². The van der Waals surface area contributed by atoms with Crippen molar-refractivity contribution in [2.75, 3.05) is 27.3 Å². The van der Waals surface area contributed by atoms with Gasteiger partial charge in [-0.15, -0.1) is 0 Å². The summed E-state index contributed by atoms with van der Waals surface area (Å²) in [4.78, 5) is 26.7. The summed E-state index contributed by atoms with van der Waals surface area (Å²) in [6, 6.07) is 10.5. The van der Waals surface area contributed by atoms with Crippen molar-refractivity contribution >= 4 is 11.8 Å². The lowest BCUT2D eigenvalue weighted by atomic mass is 10.0. The zero-order valence-electron chi connectivity index (χ0n) is 15.9. The van der Waals surface area contributed by atoms with Crippen LogP contribution >= 0.6 is 0 Å². The van der Waals surface area contributed by atoms with Crippen LogP contribution in [0.1, 0.15) is 33.6 Å². The summed E-state index contributed by atoms with van der Waals surface area (Å²) >= 11 is 0. The van der Waals surface area contributed by atoms with E-state index in [4.69, 9.17) is 9.47 Å². The molecule has 1 fully saturated rings. The maximum Gasteiger partial charge on any atom is 0.253 e. The second-order valence-corrected chi connectivity index (χ2v) is 6.62. The summed E-state index contributed by atoms with van der Waals surface area (Å²) < 4.78 is 23.4. The highest BCUT2D eigenvalue weighted by molar-refractivity contribution is 5.95. The van der Waals surface area contributed by atoms with Crippen molar-refractivity contribution in [3.8, 4) is 11.5 Å². The predicted octanol–water partition coefficient (Wildman–Crippen LogP) is 2.88. The molecule has 0 saturated carbocycles. The molecule has 1 aliphatic heterocycles. The third-order valence-corrected chi connectivity index (χ3v) is 4.85. The number of hydrogen-bond donors (Lipinski definition) is 1. The van der Waals surface area contributed by atoms with Gasteiger partial charge in [0.2, 0.25) is 0 Å². The summed E-state index contributed by atoms with van der Waals surface area (Å²) in [5.41, 5.74) is 0.955. The fourth-order valence-electron chi connectivity index (χ4n) is 3.25. The molecule has 2 aromatic carbocycles. The van der Waals surface area contributed by atoms with E-state index in [0.29, 0.717) is 48.6 Å². The van der Waals surface area contributed by atoms with Crippen molar-refractivity contribution in [3.05, 3.63) is 59.4 Å². The molecule has 6 nitrogen and oxygen atoms in total. The van der Waals surface area contributed by atoms with Crippen molar-refractivity contribution in [2.24, 2.45) is 0 Å². The number of nitrogens with zero attached hydrogens (tertiary/aromatic N) is 1. The summed E-state index contributed by atoms with van der Waals surface area (Å²) in [7, 11) is 3.06. The molecule has 1 saturated heterocycles. The lowest BCUT2D eigenvalue weighted by molar-refractivity contribution is 0.0698. The normalized spacial score (nSPS) is 14.5. The van der Waals surface area contributed by atoms with E-state index in [9.17, 15) is 14.0 Å². The lowest BCUT2D eigenvalue weighted by Gasteiger charge is -2.32. The molecule has 28 heavy (non-hydrogen) atoms. The summed E-state index contributed by atoms with van der Waals surface area (Å²) in [5, 5.41) is 3.01. The topological polar surface area (TPSA) is 67.9 Å². The van der Waals surface area contributed by atoms with Gasteiger partial charge in [-0.2, -0.15) is 0 Å². The number of benzene rings is 2. The van der Waals surface area contributed by atoms with Gasteiger partial charge in [-0.1, -0.05) is 0 Å². The van der Waals surface area contributed by atoms with Gasteiger partial charge in [-0.25, -0.2) is 4.39 Å². The molecular formula is C21H23FN2O4. The monoisotopic (exact) mass is 386 g/mol. The Morgan fingerprint density at radius 2 is 1.57 bits per heavy atom. The number of carbonyl (C=O) groups excluding carboxylic acids is 2. The molecule has 0 atom stereocenters. The first-order valence-corrected chi connectivity index (χ1v) is 9.09. The Morgan fingerprint density at radius 1 is 0.964 bits per heavy atom. The van der Waals surface area contributed by atoms with E-state index in [1.807, 2.05) is 0 Å². The Bertz CT molecular complexity index is 846. The average Bonchev–Trinajstić information content (AvgIpc) is 2.73. The van der Waals surface area contributed by atoms with Gasteiger partial charge in [0.25, 0.3) is 11.8 Å². The highest BCUT2D eigenvalue weighted by Gasteiger charge is 2.25. The first kappa shape index (κ1) is 19.7. The molecule has 148 valence electrons. The van der Waals surface area contributed by atoms with Gasteiger partial charge in [0.1, 0.15) is 5.82 Å². The van der Waals surface area contributed by atoms with Gasteiger partial charge in [0.15, 0.2) is 11.5 Å². The summed E-state index contributed by atoms with van der Waals surface area (Å²) in [6.45, 7) is 1.07. The molecule has 1 heterocycles. The van der Waals surface area contributed by atoms with Crippen molar-refractivity contribution < 1.29 is 23.5 Å². The molecular weight excluding hydrogens is 363 g/mol. The predicted molar refractivity (Wildman–Crippen MR) is 102 cm³/mol. The molecule has 2 aromatic rings. The van der Waals surface area contributed by atoms with E-state index in [1.165, 1.54) is 31.4 Å². The molecule has 7 heteroatoms. The molecule has 0 bridgehead atoms. The maximum absolute atomic E-state index is 13.0. The van der Waals surface area contributed by atoms with E-state index >= 15 is 0 Å². The number of methoxy groups -OCH3 is 2. The van der Waals surface area contributed by atoms with Gasteiger partial charge in [-0.3, -0.25) is 9.59 Å². The number of likely N-dealkylation sites (tertiary alicyclic amines) is 1. The van der Waals surface area contributed by atoms with E-state index in [-0.39, 0.29) is 23.7 Å². The molecule has 3 rings (SSSR count). The van der Waals surface area contributed by atoms with Crippen LogP contribution in [-0.4, -0.2) is 50.1 Å². The standard InChI is InChI=1S/C21H23FN2O4/c1-27-18-8-5-15(13-19(18)28-2)20(25)23-17-9-11-24(12-10-17)21(26)14-3-6-16(22)7-4-14/h3-8,13,17H,9-12H2,1-2H3,(H,23,25). The fraction of sp³-hybridized carbons (Fsp3) is 0.333. The smallest absolute Gasteiger partial charge is 0.253 e. The third-order valence-electron chi connectivity index (χ3n) is 4.85. The van der Waals surface area contributed by atoms with E-state index in [1.54, 1.807) is 30.2 Å². The maximum atomic E-state index is 13.0. The first-order chi connectivity index (χ1) is 13.5. The number of rotatable bonds is 5. The van der Waals surface area contributed by atoms with Crippen molar-refractivity contribution in [1.29, 1.82) is 0 Å². The fourth-order valence-corrected chi connectivity index (χ4v) is 3.25. The zero-order valence-corrected chi connectivity index (χ0v) is 15.9. The largest absolute Gasteiger partial charge is 0.493 e. The number of halogens is 1. The molecule has 1 N–H and O–H groups in total. The van der Waals surface area contributed by atoms with E-state index < -0.39 is 0 Å². The molecule has 0 radical (unpaired) electrons. The molecule has 0 unspecified atom stereocenters. The molecule has 0 aliphatic carbocycles. The van der Waals surface area contributed by atoms with Gasteiger partial charge >= 0.3 is 0 Å². The quantitative estimate of drug-likeness (QED) is 0.858. The van der Waals surface area contributed by atoms with Crippen LogP contribution in [0.2, 0.25) is 0 Å². The van der Waals surface area contributed by atoms with Gasteiger partial charge in [-0.05, 0) is 55.3 Å². The zero-order chi connectivity index (χ0) is 20.1. The minimum Gasteiger partial charge on any atom is -0.493 e. The van der Waals surface area contributed by atoms with E-state index in [2.05, 4.69) is 5.32 Å². The lowest BCUT2D eigenvalue weighted by Crippen LogP contribution is -2.46. The minimum absolute atomic E-state index is 0.0159. The van der Waals surface area contributed by atoms with Crippen LogP contribution in [0, 0.1) is 5.82 Å². The first-order valence-electron chi connectivity index (χ1n) is 9.09. The number of nitrogens with one attached hydrogen (secondary N) is 1. The van der Waals surface area contributed by atoms with E-state index in [0.717, 1.165) is 0 Å². The number of amides is 2. The Morgan fingerprint density at radius 3 is 2.18 bits per heavy atom. The van der Waals surface area contributed by atoms with Gasteiger partial charge in [0.05, 0.1) is 14.2 Å². The van der Waals surface area contributed by atoms with Crippen LogP contribution < -0.4 is 14.8 Å². The summed E-state index contributed by atoms with van der Waals surface area (Å²) in [6.07, 6.45) is 1.32. The SMILES string of the molecule is COc1ccc(C(=O)NC2CCN(C(=O)c3ccc(F)cc3)CC2)cc1OC. The third kappa shape index (κ3) is 4.42. The highest BCUT2D eigenvalue weighted by Crippen LogP contribution is 2.27. The van der Waals surface area contributed by atoms with Crippen LogP contribution in [0.25, 0.3) is 0 Å². The number of carbonyl (C=O) groups is 2. The van der Waals surface area contributed by atoms with Crippen LogP contribution in [0.3, 0.4) is 0 Å². The summed E-state index contributed by atoms with van der Waals surface area (Å²) in [5.74, 6) is 0.378. The van der Waals surface area contributed by atoms with Gasteiger partial charge in [0, 0.05) is 30.3 Å². The second-order valence-electron chi connectivity index (χ2n) is 6.62. The number of piperidine rings is 1. The van der Waals surface area contributed by atoms with Gasteiger partial charge < -0.3 is 19.7 Å². The number of hydrogen-bond acceptors (Lipinski definition) is 4. The Balaban J connectivity index is 1.56. The van der Waals surface area contributed by atoms with Crippen LogP contribution in [0.4, 0.5) is 4.39 Å². The number of ether oxygens (including phenoxy) is 2. The molecule has 0 spiro atoms. The molecule has 0 aromatic heterocycles. The average molecular weight is 386 g/mol. The van der Waals surface area contributed by atoms with Crippen LogP contribution in [0.5, 0.6) is 11.5 Å². The van der Waals surface area contributed by atoms with Crippen molar-refractivity contribution in [3.63, 3.8) is 0 Å². The Labute approximate surface area is 163 Å². The minimum atomic E-state index is -0.367. The highest BCUT2D eigenvalue weighted by atomic mass is 19.1. The second kappa shape index (κ2) is 8.73.